The van der Waals surface area contributed by atoms with Gasteiger partial charge in [-0.15, -0.1) is 0 Å². The lowest BCUT2D eigenvalue weighted by Gasteiger charge is -2.29. The van der Waals surface area contributed by atoms with Crippen LogP contribution >= 0.6 is 0 Å². The molecule has 0 saturated heterocycles. The zero-order valence-electron chi connectivity index (χ0n) is 51.7. The van der Waals surface area contributed by atoms with Gasteiger partial charge in [0.25, 0.3) is 0 Å². The zero-order chi connectivity index (χ0) is 66.1. The fraction of sp³-hybridized carbons (Fsp3) is 0.690. The Labute approximate surface area is 515 Å². The molecule has 0 aliphatic carbocycles. The number of ketones is 1. The number of amides is 8. The minimum Gasteiger partial charge on any atom is -0.481 e. The van der Waals surface area contributed by atoms with E-state index in [4.69, 9.17) is 37.9 Å². The molecule has 0 fully saturated rings. The number of rotatable bonds is 48. The van der Waals surface area contributed by atoms with Crippen molar-refractivity contribution in [2.24, 2.45) is 23.1 Å². The van der Waals surface area contributed by atoms with E-state index >= 15 is 0 Å². The van der Waals surface area contributed by atoms with E-state index < -0.39 is 151 Å². The van der Waals surface area contributed by atoms with Crippen LogP contribution in [0.2, 0.25) is 0 Å². The molecule has 10 atom stereocenters. The number of nitrogens with one attached hydrogen (secondary N) is 12. The lowest BCUT2D eigenvalue weighted by Crippen LogP contribution is -2.62. The van der Waals surface area contributed by atoms with Crippen LogP contribution in [0.4, 0.5) is 0 Å². The molecule has 30 heteroatoms. The molecule has 0 aromatic heterocycles. The van der Waals surface area contributed by atoms with Gasteiger partial charge in [-0.05, 0) is 70.3 Å². The summed E-state index contributed by atoms with van der Waals surface area (Å²) >= 11 is 0. The highest BCUT2D eigenvalue weighted by atomic mass is 16.5. The van der Waals surface area contributed by atoms with Crippen LogP contribution in [-0.4, -0.2) is 191 Å². The van der Waals surface area contributed by atoms with Gasteiger partial charge in [-0.2, -0.15) is 0 Å². The highest BCUT2D eigenvalue weighted by Crippen LogP contribution is 2.13. The number of aliphatic hydroxyl groups excluding tert-OH is 3. The molecule has 1 unspecified atom stereocenters. The molecule has 0 aliphatic heterocycles. The number of aliphatic hydroxyl groups is 3. The van der Waals surface area contributed by atoms with Crippen molar-refractivity contribution in [1.29, 1.82) is 10.8 Å². The van der Waals surface area contributed by atoms with Gasteiger partial charge in [0.1, 0.15) is 42.3 Å². The van der Waals surface area contributed by atoms with E-state index in [1.165, 1.54) is 51.9 Å². The van der Waals surface area contributed by atoms with E-state index in [2.05, 4.69) is 60.1 Å². The molecule has 0 aliphatic rings. The summed E-state index contributed by atoms with van der Waals surface area (Å²) in [6.07, 6.45) is 9.27. The van der Waals surface area contributed by atoms with Crippen LogP contribution in [0.5, 0.6) is 0 Å². The van der Waals surface area contributed by atoms with E-state index in [0.717, 1.165) is 26.2 Å². The van der Waals surface area contributed by atoms with Crippen molar-refractivity contribution in [1.82, 2.24) is 53.2 Å². The predicted octanol–water partition coefficient (Wildman–Crippen LogP) is -2.24. The van der Waals surface area contributed by atoms with Gasteiger partial charge in [0.15, 0.2) is 17.7 Å². The second kappa shape index (κ2) is 44.8. The maximum absolute atomic E-state index is 14.4. The van der Waals surface area contributed by atoms with E-state index in [0.29, 0.717) is 12.2 Å². The van der Waals surface area contributed by atoms with Gasteiger partial charge in [-0.1, -0.05) is 109 Å². The smallest absolute Gasteiger partial charge is 0.303 e. The molecule has 498 valence electrons. The average molecular weight is 1250 g/mol. The van der Waals surface area contributed by atoms with Gasteiger partial charge < -0.3 is 95.5 Å². The maximum atomic E-state index is 14.4. The minimum absolute atomic E-state index is 0.0177. The number of Topliss-reactive ketones (excluding diaryl/α,β-unsaturated/α-hetero) is 1. The Bertz CT molecular complexity index is 2350. The number of benzene rings is 1. The zero-order valence-corrected chi connectivity index (χ0v) is 51.7. The molecule has 8 amide bonds. The summed E-state index contributed by atoms with van der Waals surface area (Å²) in [5.74, 6) is -11.1. The number of carbonyl (C=O) groups is 10. The number of aliphatic carboxylic acids is 1. The summed E-state index contributed by atoms with van der Waals surface area (Å²) in [5.41, 5.74) is 17.5. The highest BCUT2D eigenvalue weighted by molar-refractivity contribution is 5.98. The van der Waals surface area contributed by atoms with Crippen LogP contribution in [0.25, 0.3) is 0 Å². The first-order valence-electron chi connectivity index (χ1n) is 30.3. The number of hydrogen-bond donors (Lipinski definition) is 19. The van der Waals surface area contributed by atoms with Gasteiger partial charge in [0.2, 0.25) is 47.3 Å². The number of ether oxygens (including phenoxy) is 1. The quantitative estimate of drug-likeness (QED) is 0.0186. The summed E-state index contributed by atoms with van der Waals surface area (Å²) in [6, 6.07) is -5.03. The Hall–Kier alpha value is -7.54. The third-order valence-electron chi connectivity index (χ3n) is 14.1. The molecule has 1 rings (SSSR count). The SMILES string of the molecule is CCCCCCCCCCCCOCCC(N)C(=O)N[C@H](C(=O)N[C@H](C(=O)N[C@@H](Cc1ccccc1)C(=O)N[C@@H](CCCNC(=N)N)C(=O)N[C@@H](CO)C(=O)N[C@@H](CO)C(=O)N[C@@H](CCCNC(=N)N)C(=O)N[C@@H](CCC(=O)O)C(C)=O)C(C)C)[C@@H](C)O. The van der Waals surface area contributed by atoms with Crippen LogP contribution < -0.4 is 70.4 Å². The van der Waals surface area contributed by atoms with E-state index in [1.807, 2.05) is 0 Å². The lowest BCUT2D eigenvalue weighted by atomic mass is 9.99. The third kappa shape index (κ3) is 33.5. The number of guanidine groups is 2. The Morgan fingerprint density at radius 1 is 0.511 bits per heavy atom. The summed E-state index contributed by atoms with van der Waals surface area (Å²) in [6.45, 7) is 6.38. The third-order valence-corrected chi connectivity index (χ3v) is 14.1. The van der Waals surface area contributed by atoms with Crippen molar-refractivity contribution in [3.8, 4) is 0 Å². The van der Waals surface area contributed by atoms with Crippen molar-refractivity contribution in [2.45, 2.75) is 211 Å². The molecule has 30 nitrogen and oxygen atoms in total. The second-order valence-electron chi connectivity index (χ2n) is 22.1. The second-order valence-corrected chi connectivity index (χ2v) is 22.1. The molecule has 1 aromatic carbocycles. The molecule has 88 heavy (non-hydrogen) atoms. The topological polar surface area (TPSA) is 507 Å². The van der Waals surface area contributed by atoms with Gasteiger partial charge >= 0.3 is 5.97 Å². The minimum atomic E-state index is -1.86. The maximum Gasteiger partial charge on any atom is 0.303 e. The first-order valence-corrected chi connectivity index (χ1v) is 30.3. The van der Waals surface area contributed by atoms with E-state index in [-0.39, 0.29) is 70.6 Å². The van der Waals surface area contributed by atoms with E-state index in [9.17, 15) is 63.3 Å². The highest BCUT2D eigenvalue weighted by Gasteiger charge is 2.36. The number of unbranched alkanes of at least 4 members (excludes halogenated alkanes) is 9. The standard InChI is InChI=1S/C58H101N15O15/c1-6-7-8-9-10-11-12-13-14-18-30-88-31-27-39(59)49(80)73-48(37(5)77)56(87)72-47(35(2)3)55(86)69-43(32-38-21-16-15-17-22-38)52(83)67-42(24-20-29-65-58(62)63)51(82)70-45(34-75)54(85)71-44(33-74)53(84)68-41(23-19-28-64-57(60)61)50(81)66-40(36(4)76)25-26-46(78)79/h15-17,21-22,35,37,39-45,47-48,74-75,77H,6-14,18-20,23-34,59H2,1-5H3,(H,66,81)(H,67,83)(H,68,84)(H,69,86)(H,70,82)(H,71,85)(H,72,87)(H,73,80)(H,78,79)(H4,60,61,64)(H4,62,63,65)/t37-,39?,40+,41+,42+,43+,44+,45+,47+,48+/m1/s1. The summed E-state index contributed by atoms with van der Waals surface area (Å²) in [5, 5.41) is 80.1. The van der Waals surface area contributed by atoms with Crippen molar-refractivity contribution >= 4 is 70.9 Å². The molecule has 0 heterocycles. The number of carboxylic acid groups (broad SMARTS) is 1. The lowest BCUT2D eigenvalue weighted by molar-refractivity contribution is -0.138. The Kier molecular flexibility index (Phi) is 40.0. The number of carboxylic acids is 1. The molecule has 0 saturated carbocycles. The van der Waals surface area contributed by atoms with Crippen molar-refractivity contribution < 1.29 is 73.1 Å². The van der Waals surface area contributed by atoms with Crippen LogP contribution in [0, 0.1) is 16.7 Å². The number of hydrogen-bond acceptors (Lipinski definition) is 17. The van der Waals surface area contributed by atoms with Crippen LogP contribution in [-0.2, 0) is 59.1 Å². The molecule has 0 radical (unpaired) electrons. The summed E-state index contributed by atoms with van der Waals surface area (Å²) in [7, 11) is 0. The summed E-state index contributed by atoms with van der Waals surface area (Å²) < 4.78 is 5.71. The van der Waals surface area contributed by atoms with Crippen molar-refractivity contribution in [2.75, 3.05) is 39.5 Å². The monoisotopic (exact) mass is 1250 g/mol. The molecule has 0 spiro atoms. The number of carbonyl (C=O) groups excluding carboxylic acids is 9. The first-order chi connectivity index (χ1) is 41.8. The molecular formula is C58H101N15O15. The Morgan fingerprint density at radius 3 is 1.38 bits per heavy atom. The first kappa shape index (κ1) is 78.5. The predicted molar refractivity (Wildman–Crippen MR) is 327 cm³/mol. The van der Waals surface area contributed by atoms with Gasteiger partial charge in [-0.3, -0.25) is 58.8 Å². The molecular weight excluding hydrogens is 1150 g/mol. The fourth-order valence-electron chi connectivity index (χ4n) is 8.89. The van der Waals surface area contributed by atoms with Crippen molar-refractivity contribution in [3.63, 3.8) is 0 Å². The Balaban J connectivity index is 3.31. The van der Waals surface area contributed by atoms with Gasteiger partial charge in [0, 0.05) is 39.1 Å². The van der Waals surface area contributed by atoms with E-state index in [1.54, 1.807) is 44.2 Å². The largest absolute Gasteiger partial charge is 0.481 e. The van der Waals surface area contributed by atoms with Crippen LogP contribution in [0.15, 0.2) is 30.3 Å². The summed E-state index contributed by atoms with van der Waals surface area (Å²) in [4.78, 5) is 134. The number of nitrogens with two attached hydrogens (primary N) is 3. The van der Waals surface area contributed by atoms with Gasteiger partial charge in [-0.25, -0.2) is 0 Å². The van der Waals surface area contributed by atoms with Gasteiger partial charge in [0.05, 0.1) is 31.4 Å². The average Bonchev–Trinajstić information content (AvgIpc) is 3.22. The van der Waals surface area contributed by atoms with Crippen LogP contribution in [0.3, 0.4) is 0 Å². The molecule has 22 N–H and O–H groups in total. The van der Waals surface area contributed by atoms with Crippen molar-refractivity contribution in [3.05, 3.63) is 35.9 Å². The molecule has 0 bridgehead atoms. The molecule has 1 aromatic rings. The van der Waals surface area contributed by atoms with Crippen LogP contribution in [0.1, 0.15) is 149 Å². The fourth-order valence-corrected chi connectivity index (χ4v) is 8.89. The Morgan fingerprint density at radius 2 is 0.932 bits per heavy atom. The normalized spacial score (nSPS) is 14.5.